The van der Waals surface area contributed by atoms with Crippen molar-refractivity contribution in [2.75, 3.05) is 18.0 Å². The zero-order valence-electron chi connectivity index (χ0n) is 21.2. The Morgan fingerprint density at radius 2 is 1.77 bits per heavy atom. The number of aromatic nitrogens is 4. The van der Waals surface area contributed by atoms with Gasteiger partial charge >= 0.3 is 6.18 Å². The van der Waals surface area contributed by atoms with Crippen LogP contribution in [0.25, 0.3) is 5.69 Å². The van der Waals surface area contributed by atoms with Crippen molar-refractivity contribution in [3.63, 3.8) is 0 Å². The van der Waals surface area contributed by atoms with Crippen LogP contribution in [0.2, 0.25) is 5.02 Å². The molecule has 4 heterocycles. The van der Waals surface area contributed by atoms with Gasteiger partial charge in [0.15, 0.2) is 23.1 Å². The van der Waals surface area contributed by atoms with E-state index in [2.05, 4.69) is 15.2 Å². The van der Waals surface area contributed by atoms with E-state index in [1.807, 2.05) is 33.4 Å². The molecule has 1 spiro atoms. The average Bonchev–Trinajstić information content (AvgIpc) is 3.11. The normalized spacial score (nSPS) is 26.3. The molecule has 1 saturated heterocycles. The first-order valence-electron chi connectivity index (χ1n) is 13.1. The van der Waals surface area contributed by atoms with Crippen LogP contribution in [0, 0.1) is 18.2 Å². The number of pyridine rings is 1. The summed E-state index contributed by atoms with van der Waals surface area (Å²) in [5.41, 5.74) is -0.0158. The molecule has 206 valence electrons. The molecule has 1 N–H and O–H groups in total. The largest absolute Gasteiger partial charge is 0.417 e. The number of hydrogen-bond acceptors (Lipinski definition) is 6. The van der Waals surface area contributed by atoms with Gasteiger partial charge in [-0.2, -0.15) is 13.2 Å². The van der Waals surface area contributed by atoms with Crippen LogP contribution >= 0.6 is 11.6 Å². The summed E-state index contributed by atoms with van der Waals surface area (Å²) in [7, 11) is 0. The second-order valence-corrected chi connectivity index (χ2v) is 12.2. The number of anilines is 1. The first-order valence-corrected chi connectivity index (χ1v) is 13.5. The summed E-state index contributed by atoms with van der Waals surface area (Å²) in [5.74, 6) is 1.75. The zero-order chi connectivity index (χ0) is 27.3. The van der Waals surface area contributed by atoms with Gasteiger partial charge in [-0.1, -0.05) is 11.6 Å². The molecule has 1 aromatic carbocycles. The Balaban J connectivity index is 1.12. The number of rotatable bonds is 3. The van der Waals surface area contributed by atoms with E-state index in [9.17, 15) is 22.7 Å². The fourth-order valence-corrected chi connectivity index (χ4v) is 7.06. The van der Waals surface area contributed by atoms with Crippen molar-refractivity contribution in [3.05, 3.63) is 64.1 Å². The summed E-state index contributed by atoms with van der Waals surface area (Å²) in [6, 6.07) is 8.24. The summed E-state index contributed by atoms with van der Waals surface area (Å²) in [4.78, 5) is 8.29. The maximum absolute atomic E-state index is 14.3. The molecule has 7 nitrogen and oxygen atoms in total. The Hall–Kier alpha value is -2.76. The summed E-state index contributed by atoms with van der Waals surface area (Å²) in [5, 5.41) is 19.6. The number of hydrogen-bond donors (Lipinski definition) is 1. The quantitative estimate of drug-likeness (QED) is 0.457. The topological polar surface area (TPSA) is 70.3 Å². The Morgan fingerprint density at radius 1 is 1.03 bits per heavy atom. The van der Waals surface area contributed by atoms with E-state index < -0.39 is 17.8 Å². The van der Waals surface area contributed by atoms with Crippen LogP contribution in [0.3, 0.4) is 0 Å². The number of nitrogens with zero attached hydrogens (tertiary/aromatic N) is 6. The summed E-state index contributed by atoms with van der Waals surface area (Å²) < 4.78 is 56.2. The summed E-state index contributed by atoms with van der Waals surface area (Å²) >= 11 is 6.32. The van der Waals surface area contributed by atoms with Gasteiger partial charge in [-0.15, -0.1) is 10.2 Å². The van der Waals surface area contributed by atoms with Crippen molar-refractivity contribution in [1.82, 2.24) is 24.6 Å². The van der Waals surface area contributed by atoms with Crippen LogP contribution in [0.15, 0.2) is 30.3 Å². The van der Waals surface area contributed by atoms with E-state index in [1.54, 1.807) is 12.1 Å². The van der Waals surface area contributed by atoms with Crippen molar-refractivity contribution in [3.8, 4) is 5.69 Å². The first kappa shape index (κ1) is 25.2. The lowest BCUT2D eigenvalue weighted by molar-refractivity contribution is -0.300. The molecule has 12 heteroatoms. The van der Waals surface area contributed by atoms with E-state index >= 15 is 0 Å². The van der Waals surface area contributed by atoms with E-state index in [1.165, 1.54) is 6.07 Å². The average molecular weight is 563 g/mol. The highest BCUT2D eigenvalue weighted by atomic mass is 35.5. The molecule has 2 saturated carbocycles. The minimum Gasteiger partial charge on any atom is -0.380 e. The molecule has 0 unspecified atom stereocenters. The van der Waals surface area contributed by atoms with Gasteiger partial charge in [-0.05, 0) is 55.7 Å². The highest BCUT2D eigenvalue weighted by Gasteiger charge is 2.62. The van der Waals surface area contributed by atoms with Gasteiger partial charge in [0.25, 0.3) is 0 Å². The predicted octanol–water partition coefficient (Wildman–Crippen LogP) is 4.92. The Kier molecular flexibility index (Phi) is 5.42. The number of alkyl halides is 3. The standard InChI is InChI=1S/C27H27ClF4N6O/c1-15-2-4-20(29)24(33-15)37-13-25(14-37)7-17(8-25)23-35-34-22-12-36(19-9-26(39,10-19)27(30,31)32)11-16-6-18(28)3-5-21(16)38(22)23/h2-6,17,19,39H,7-14H2,1H3. The van der Waals surface area contributed by atoms with Crippen molar-refractivity contribution in [2.45, 2.75) is 69.4 Å². The maximum atomic E-state index is 14.3. The van der Waals surface area contributed by atoms with Gasteiger partial charge < -0.3 is 10.0 Å². The Bertz CT molecular complexity index is 1450. The molecule has 2 aliphatic carbocycles. The first-order chi connectivity index (χ1) is 18.4. The van der Waals surface area contributed by atoms with E-state index in [-0.39, 0.29) is 30.0 Å². The molecule has 0 radical (unpaired) electrons. The molecule has 2 aromatic heterocycles. The van der Waals surface area contributed by atoms with Gasteiger partial charge in [0.1, 0.15) is 5.82 Å². The van der Waals surface area contributed by atoms with Crippen LogP contribution in [-0.2, 0) is 13.1 Å². The van der Waals surface area contributed by atoms with E-state index in [4.69, 9.17) is 11.6 Å². The lowest BCUT2D eigenvalue weighted by atomic mass is 9.57. The smallest absolute Gasteiger partial charge is 0.380 e. The predicted molar refractivity (Wildman–Crippen MR) is 135 cm³/mol. The maximum Gasteiger partial charge on any atom is 0.417 e. The minimum atomic E-state index is -4.65. The summed E-state index contributed by atoms with van der Waals surface area (Å²) in [6.45, 7) is 4.05. The third-order valence-electron chi connectivity index (χ3n) is 8.99. The van der Waals surface area contributed by atoms with Crippen LogP contribution < -0.4 is 4.90 Å². The van der Waals surface area contributed by atoms with Gasteiger partial charge in [-0.3, -0.25) is 9.47 Å². The minimum absolute atomic E-state index is 0.0858. The second kappa shape index (κ2) is 8.37. The molecule has 0 amide bonds. The highest BCUT2D eigenvalue weighted by Crippen LogP contribution is 2.57. The van der Waals surface area contributed by atoms with E-state index in [0.29, 0.717) is 29.8 Å². The molecule has 0 atom stereocenters. The number of aryl methyl sites for hydroxylation is 1. The SMILES string of the molecule is Cc1ccc(F)c(N2CC3(CC(c4nnc5n4-c4ccc(Cl)cc4CN(C4CC(O)(C(F)(F)F)C4)C5)C3)C2)n1. The molecule has 4 aliphatic rings. The number of aliphatic hydroxyl groups is 1. The third kappa shape index (κ3) is 3.95. The third-order valence-corrected chi connectivity index (χ3v) is 9.22. The fourth-order valence-electron chi connectivity index (χ4n) is 6.87. The number of halogens is 5. The molecule has 3 aromatic rings. The van der Waals surface area contributed by atoms with Crippen molar-refractivity contribution in [2.24, 2.45) is 5.41 Å². The van der Waals surface area contributed by atoms with Crippen LogP contribution in [0.5, 0.6) is 0 Å². The molecule has 0 bridgehead atoms. The lowest BCUT2D eigenvalue weighted by Gasteiger charge is -2.59. The zero-order valence-corrected chi connectivity index (χ0v) is 22.0. The number of fused-ring (bicyclic) bond motifs is 3. The van der Waals surface area contributed by atoms with Crippen LogP contribution in [0.4, 0.5) is 23.4 Å². The van der Waals surface area contributed by atoms with Gasteiger partial charge in [-0.25, -0.2) is 9.37 Å². The Morgan fingerprint density at radius 3 is 2.49 bits per heavy atom. The summed E-state index contributed by atoms with van der Waals surface area (Å²) in [6.07, 6.45) is -3.61. The fraction of sp³-hybridized carbons (Fsp3) is 0.519. The van der Waals surface area contributed by atoms with Gasteiger partial charge in [0.05, 0.1) is 12.2 Å². The number of benzene rings is 1. The van der Waals surface area contributed by atoms with Crippen LogP contribution in [0.1, 0.15) is 54.5 Å². The van der Waals surface area contributed by atoms with E-state index in [0.717, 1.165) is 48.7 Å². The molecule has 2 aliphatic heterocycles. The van der Waals surface area contributed by atoms with Crippen molar-refractivity contribution < 1.29 is 22.7 Å². The van der Waals surface area contributed by atoms with Crippen LogP contribution in [-0.4, -0.2) is 60.7 Å². The Labute approximate surface area is 227 Å². The van der Waals surface area contributed by atoms with Crippen molar-refractivity contribution in [1.29, 1.82) is 0 Å². The highest BCUT2D eigenvalue weighted by molar-refractivity contribution is 6.30. The monoisotopic (exact) mass is 562 g/mol. The molecule has 39 heavy (non-hydrogen) atoms. The second-order valence-electron chi connectivity index (χ2n) is 11.8. The molecule has 3 fully saturated rings. The van der Waals surface area contributed by atoms with Gasteiger partial charge in [0, 0.05) is 60.6 Å². The molecular weight excluding hydrogens is 536 g/mol. The van der Waals surface area contributed by atoms with Crippen molar-refractivity contribution >= 4 is 17.4 Å². The van der Waals surface area contributed by atoms with Gasteiger partial charge in [0.2, 0.25) is 0 Å². The molecule has 7 rings (SSSR count). The molecular formula is C27H27ClF4N6O. The lowest BCUT2D eigenvalue weighted by Crippen LogP contribution is -2.62.